The van der Waals surface area contributed by atoms with E-state index in [2.05, 4.69) is 49.9 Å². The van der Waals surface area contributed by atoms with Crippen molar-refractivity contribution in [3.8, 4) is 0 Å². The van der Waals surface area contributed by atoms with E-state index in [0.29, 0.717) is 11.8 Å². The molecule has 0 saturated heterocycles. The number of nitrogens with one attached hydrogen (secondary N) is 1. The first-order valence-corrected chi connectivity index (χ1v) is 6.00. The van der Waals surface area contributed by atoms with Crippen molar-refractivity contribution in [3.63, 3.8) is 0 Å². The standard InChI is InChI=1S/C13H23N3/c1-8(2)7-11-10(5)13(14-6)16-12(15-11)9(3)4/h8-9H,7H2,1-6H3,(H,14,15,16). The zero-order valence-electron chi connectivity index (χ0n) is 11.3. The van der Waals surface area contributed by atoms with E-state index in [-0.39, 0.29) is 0 Å². The number of hydrogen-bond acceptors (Lipinski definition) is 3. The predicted octanol–water partition coefficient (Wildman–Crippen LogP) is 3.15. The van der Waals surface area contributed by atoms with Gasteiger partial charge in [0.1, 0.15) is 11.6 Å². The predicted molar refractivity (Wildman–Crippen MR) is 68.9 cm³/mol. The molecular weight excluding hydrogens is 198 g/mol. The highest BCUT2D eigenvalue weighted by molar-refractivity contribution is 5.45. The Labute approximate surface area is 98.7 Å². The topological polar surface area (TPSA) is 37.8 Å². The summed E-state index contributed by atoms with van der Waals surface area (Å²) in [6, 6.07) is 0. The van der Waals surface area contributed by atoms with Gasteiger partial charge in [-0.1, -0.05) is 27.7 Å². The molecule has 1 aromatic heterocycles. The normalized spacial score (nSPS) is 11.2. The molecule has 1 rings (SSSR count). The third-order valence-corrected chi connectivity index (χ3v) is 2.62. The third-order valence-electron chi connectivity index (χ3n) is 2.62. The minimum Gasteiger partial charge on any atom is -0.373 e. The summed E-state index contributed by atoms with van der Waals surface area (Å²) < 4.78 is 0. The molecule has 0 atom stereocenters. The number of anilines is 1. The molecule has 0 saturated carbocycles. The zero-order valence-corrected chi connectivity index (χ0v) is 11.3. The third kappa shape index (κ3) is 2.94. The van der Waals surface area contributed by atoms with Crippen LogP contribution in [0.4, 0.5) is 5.82 Å². The van der Waals surface area contributed by atoms with E-state index < -0.39 is 0 Å². The molecule has 0 unspecified atom stereocenters. The lowest BCUT2D eigenvalue weighted by atomic mass is 10.0. The van der Waals surface area contributed by atoms with Gasteiger partial charge in [-0.15, -0.1) is 0 Å². The average Bonchev–Trinajstić information content (AvgIpc) is 2.20. The molecule has 0 aliphatic rings. The number of aromatic nitrogens is 2. The van der Waals surface area contributed by atoms with E-state index in [1.807, 2.05) is 7.05 Å². The van der Waals surface area contributed by atoms with Gasteiger partial charge >= 0.3 is 0 Å². The second-order valence-corrected chi connectivity index (χ2v) is 5.00. The summed E-state index contributed by atoms with van der Waals surface area (Å²) in [6.45, 7) is 10.8. The van der Waals surface area contributed by atoms with Crippen molar-refractivity contribution in [1.29, 1.82) is 0 Å². The van der Waals surface area contributed by atoms with E-state index in [4.69, 9.17) is 0 Å². The SMILES string of the molecule is CNc1nc(C(C)C)nc(CC(C)C)c1C. The van der Waals surface area contributed by atoms with Gasteiger partial charge in [0.2, 0.25) is 0 Å². The Morgan fingerprint density at radius 2 is 1.75 bits per heavy atom. The van der Waals surface area contributed by atoms with Gasteiger partial charge in [-0.25, -0.2) is 9.97 Å². The van der Waals surface area contributed by atoms with Crippen LogP contribution in [0.25, 0.3) is 0 Å². The van der Waals surface area contributed by atoms with Crippen LogP contribution in [-0.2, 0) is 6.42 Å². The molecule has 3 nitrogen and oxygen atoms in total. The van der Waals surface area contributed by atoms with Crippen molar-refractivity contribution in [3.05, 3.63) is 17.1 Å². The Morgan fingerprint density at radius 3 is 2.19 bits per heavy atom. The first-order chi connectivity index (χ1) is 7.45. The Morgan fingerprint density at radius 1 is 1.12 bits per heavy atom. The molecule has 1 aromatic rings. The molecule has 16 heavy (non-hydrogen) atoms. The molecule has 0 aliphatic heterocycles. The maximum Gasteiger partial charge on any atom is 0.133 e. The van der Waals surface area contributed by atoms with Crippen LogP contribution in [0.3, 0.4) is 0 Å². The van der Waals surface area contributed by atoms with Gasteiger partial charge in [0.25, 0.3) is 0 Å². The van der Waals surface area contributed by atoms with Gasteiger partial charge in [-0.3, -0.25) is 0 Å². The second-order valence-electron chi connectivity index (χ2n) is 5.00. The van der Waals surface area contributed by atoms with Crippen molar-refractivity contribution < 1.29 is 0 Å². The van der Waals surface area contributed by atoms with Crippen LogP contribution < -0.4 is 5.32 Å². The maximum absolute atomic E-state index is 4.67. The summed E-state index contributed by atoms with van der Waals surface area (Å²) in [5.74, 6) is 2.90. The van der Waals surface area contributed by atoms with Gasteiger partial charge in [-0.05, 0) is 19.3 Å². The smallest absolute Gasteiger partial charge is 0.133 e. The molecule has 0 aliphatic carbocycles. The van der Waals surface area contributed by atoms with Crippen molar-refractivity contribution >= 4 is 5.82 Å². The van der Waals surface area contributed by atoms with Crippen molar-refractivity contribution in [1.82, 2.24) is 9.97 Å². The maximum atomic E-state index is 4.67. The van der Waals surface area contributed by atoms with Crippen LogP contribution >= 0.6 is 0 Å². The molecule has 0 radical (unpaired) electrons. The molecule has 0 spiro atoms. The van der Waals surface area contributed by atoms with Gasteiger partial charge in [-0.2, -0.15) is 0 Å². The molecule has 0 bridgehead atoms. The van der Waals surface area contributed by atoms with Gasteiger partial charge in [0.15, 0.2) is 0 Å². The van der Waals surface area contributed by atoms with Gasteiger partial charge in [0.05, 0.1) is 0 Å². The van der Waals surface area contributed by atoms with E-state index in [9.17, 15) is 0 Å². The minimum absolute atomic E-state index is 0.374. The molecule has 0 fully saturated rings. The van der Waals surface area contributed by atoms with Crippen molar-refractivity contribution in [2.75, 3.05) is 12.4 Å². The van der Waals surface area contributed by atoms with Crippen molar-refractivity contribution in [2.45, 2.75) is 47.0 Å². The summed E-state index contributed by atoms with van der Waals surface area (Å²) in [6.07, 6.45) is 1.02. The van der Waals surface area contributed by atoms with E-state index in [1.54, 1.807) is 0 Å². The van der Waals surface area contributed by atoms with Crippen LogP contribution in [-0.4, -0.2) is 17.0 Å². The largest absolute Gasteiger partial charge is 0.373 e. The Kier molecular flexibility index (Phi) is 4.27. The number of hydrogen-bond donors (Lipinski definition) is 1. The van der Waals surface area contributed by atoms with Crippen LogP contribution in [0.5, 0.6) is 0 Å². The average molecular weight is 221 g/mol. The summed E-state index contributed by atoms with van der Waals surface area (Å²) >= 11 is 0. The molecule has 3 heteroatoms. The first kappa shape index (κ1) is 12.9. The Balaban J connectivity index is 3.19. The van der Waals surface area contributed by atoms with Crippen LogP contribution in [0, 0.1) is 12.8 Å². The zero-order chi connectivity index (χ0) is 12.3. The lowest BCUT2D eigenvalue weighted by molar-refractivity contribution is 0.622. The summed E-state index contributed by atoms with van der Waals surface area (Å²) in [7, 11) is 1.92. The summed E-state index contributed by atoms with van der Waals surface area (Å²) in [4.78, 5) is 9.21. The van der Waals surface area contributed by atoms with E-state index in [1.165, 1.54) is 11.3 Å². The fraction of sp³-hybridized carbons (Fsp3) is 0.692. The number of nitrogens with zero attached hydrogens (tertiary/aromatic N) is 2. The number of rotatable bonds is 4. The van der Waals surface area contributed by atoms with E-state index >= 15 is 0 Å². The lowest BCUT2D eigenvalue weighted by Crippen LogP contribution is -2.10. The fourth-order valence-corrected chi connectivity index (χ4v) is 1.67. The summed E-state index contributed by atoms with van der Waals surface area (Å²) in [5.41, 5.74) is 2.36. The molecule has 90 valence electrons. The van der Waals surface area contributed by atoms with Gasteiger partial charge in [0, 0.05) is 24.2 Å². The second kappa shape index (κ2) is 5.28. The Bertz CT molecular complexity index is 356. The first-order valence-electron chi connectivity index (χ1n) is 6.00. The highest BCUT2D eigenvalue weighted by Crippen LogP contribution is 2.21. The fourth-order valence-electron chi connectivity index (χ4n) is 1.67. The monoisotopic (exact) mass is 221 g/mol. The molecule has 0 amide bonds. The quantitative estimate of drug-likeness (QED) is 0.848. The van der Waals surface area contributed by atoms with Crippen LogP contribution in [0.1, 0.15) is 50.7 Å². The Hall–Kier alpha value is -1.12. The van der Waals surface area contributed by atoms with Gasteiger partial charge < -0.3 is 5.32 Å². The van der Waals surface area contributed by atoms with Crippen LogP contribution in [0.2, 0.25) is 0 Å². The minimum atomic E-state index is 0.374. The molecule has 1 N–H and O–H groups in total. The van der Waals surface area contributed by atoms with Crippen LogP contribution in [0.15, 0.2) is 0 Å². The summed E-state index contributed by atoms with van der Waals surface area (Å²) in [5, 5.41) is 3.15. The molecule has 0 aromatic carbocycles. The highest BCUT2D eigenvalue weighted by atomic mass is 15.0. The molecular formula is C13H23N3. The highest BCUT2D eigenvalue weighted by Gasteiger charge is 2.12. The lowest BCUT2D eigenvalue weighted by Gasteiger charge is -2.15. The van der Waals surface area contributed by atoms with Crippen molar-refractivity contribution in [2.24, 2.45) is 5.92 Å². The van der Waals surface area contributed by atoms with E-state index in [0.717, 1.165) is 18.1 Å². The molecule has 1 heterocycles.